The fourth-order valence-corrected chi connectivity index (χ4v) is 1.64. The quantitative estimate of drug-likeness (QED) is 0.706. The fourth-order valence-electron chi connectivity index (χ4n) is 0.496. The van der Waals surface area contributed by atoms with Gasteiger partial charge in [0, 0.05) is 0 Å². The van der Waals surface area contributed by atoms with Crippen molar-refractivity contribution >= 4 is 37.7 Å². The van der Waals surface area contributed by atoms with Crippen molar-refractivity contribution in [1.82, 2.24) is 4.98 Å². The zero-order valence-electron chi connectivity index (χ0n) is 4.81. The third kappa shape index (κ3) is 1.41. The second-order valence-electron chi connectivity index (χ2n) is 1.66. The number of anilines is 1. The lowest BCUT2D eigenvalue weighted by molar-refractivity contribution is 0.472. The second-order valence-corrected chi connectivity index (χ2v) is 3.33. The molecule has 0 aliphatic heterocycles. The summed E-state index contributed by atoms with van der Waals surface area (Å²) in [4.78, 5) is 3.75. The van der Waals surface area contributed by atoms with E-state index in [0.717, 1.165) is 0 Å². The zero-order chi connectivity index (χ0) is 7.72. The van der Waals surface area contributed by atoms with Gasteiger partial charge in [0.1, 0.15) is 4.60 Å². The maximum Gasteiger partial charge on any atom is 0.172 e. The first-order valence-corrected chi connectivity index (χ1v) is 4.00. The summed E-state index contributed by atoms with van der Waals surface area (Å²) in [5.74, 6) is 0.0875. The number of halogens is 2. The van der Waals surface area contributed by atoms with Crippen LogP contribution in [0.5, 0.6) is 5.75 Å². The molecule has 1 heterocycles. The van der Waals surface area contributed by atoms with Crippen LogP contribution < -0.4 is 5.73 Å². The van der Waals surface area contributed by atoms with Crippen molar-refractivity contribution in [3.05, 3.63) is 15.1 Å². The fraction of sp³-hybridized carbons (Fsp3) is 0. The molecule has 0 aliphatic carbocycles. The number of pyridine rings is 1. The Bertz CT molecular complexity index is 241. The lowest BCUT2D eigenvalue weighted by atomic mass is 10.4. The monoisotopic (exact) mass is 266 g/mol. The van der Waals surface area contributed by atoms with Crippen molar-refractivity contribution in [1.29, 1.82) is 0 Å². The lowest BCUT2D eigenvalue weighted by Gasteiger charge is -1.99. The number of nitrogens with two attached hydrogens (primary N) is 1. The highest BCUT2D eigenvalue weighted by Crippen LogP contribution is 2.30. The number of rotatable bonds is 0. The summed E-state index contributed by atoms with van der Waals surface area (Å²) < 4.78 is 1.13. The molecule has 1 aromatic heterocycles. The van der Waals surface area contributed by atoms with E-state index in [2.05, 4.69) is 36.8 Å². The van der Waals surface area contributed by atoms with Gasteiger partial charge in [-0.15, -0.1) is 0 Å². The minimum atomic E-state index is -0.0248. The second kappa shape index (κ2) is 2.75. The molecule has 0 aliphatic rings. The van der Waals surface area contributed by atoms with Gasteiger partial charge in [0.05, 0.1) is 4.47 Å². The molecule has 0 unspecified atom stereocenters. The van der Waals surface area contributed by atoms with Gasteiger partial charge >= 0.3 is 0 Å². The van der Waals surface area contributed by atoms with Gasteiger partial charge in [-0.3, -0.25) is 0 Å². The highest BCUT2D eigenvalue weighted by molar-refractivity contribution is 9.11. The Hall–Kier alpha value is -0.290. The van der Waals surface area contributed by atoms with Gasteiger partial charge < -0.3 is 10.8 Å². The molecule has 0 spiro atoms. The molecule has 0 amide bonds. The first-order valence-electron chi connectivity index (χ1n) is 2.41. The van der Waals surface area contributed by atoms with Gasteiger partial charge in [0.15, 0.2) is 11.6 Å². The van der Waals surface area contributed by atoms with Crippen LogP contribution in [-0.4, -0.2) is 10.1 Å². The Kier molecular flexibility index (Phi) is 2.15. The van der Waals surface area contributed by atoms with Gasteiger partial charge in [-0.05, 0) is 37.9 Å². The zero-order valence-corrected chi connectivity index (χ0v) is 7.98. The van der Waals surface area contributed by atoms with Crippen molar-refractivity contribution in [3.63, 3.8) is 0 Å². The first-order chi connectivity index (χ1) is 4.61. The van der Waals surface area contributed by atoms with Crippen molar-refractivity contribution in [3.8, 4) is 5.75 Å². The van der Waals surface area contributed by atoms with Gasteiger partial charge in [-0.1, -0.05) is 0 Å². The normalized spacial score (nSPS) is 9.80. The van der Waals surface area contributed by atoms with Crippen LogP contribution in [0, 0.1) is 0 Å². The van der Waals surface area contributed by atoms with Crippen LogP contribution in [0.3, 0.4) is 0 Å². The smallest absolute Gasteiger partial charge is 0.172 e. The Labute approximate surface area is 74.5 Å². The Morgan fingerprint density at radius 3 is 2.60 bits per heavy atom. The van der Waals surface area contributed by atoms with Crippen LogP contribution in [-0.2, 0) is 0 Å². The number of nitrogen functional groups attached to an aromatic ring is 1. The van der Waals surface area contributed by atoms with Crippen LogP contribution in [0.25, 0.3) is 0 Å². The summed E-state index contributed by atoms with van der Waals surface area (Å²) in [7, 11) is 0. The molecule has 0 atom stereocenters. The molecule has 5 heteroatoms. The predicted molar refractivity (Wildman–Crippen MR) is 45.7 cm³/mol. The maximum absolute atomic E-state index is 9.08. The predicted octanol–water partition coefficient (Wildman–Crippen LogP) is 1.89. The van der Waals surface area contributed by atoms with Crippen molar-refractivity contribution in [2.45, 2.75) is 0 Å². The molecule has 10 heavy (non-hydrogen) atoms. The molecule has 0 aromatic carbocycles. The number of aromatic hydroxyl groups is 1. The molecule has 3 N–H and O–H groups in total. The van der Waals surface area contributed by atoms with E-state index in [1.165, 1.54) is 0 Å². The number of hydrogen-bond donors (Lipinski definition) is 2. The molecular formula is C5H4Br2N2O. The van der Waals surface area contributed by atoms with Gasteiger partial charge in [0.2, 0.25) is 0 Å². The first kappa shape index (κ1) is 7.81. The van der Waals surface area contributed by atoms with Gasteiger partial charge in [-0.2, -0.15) is 0 Å². The molecule has 54 valence electrons. The van der Waals surface area contributed by atoms with E-state index in [4.69, 9.17) is 10.8 Å². The summed E-state index contributed by atoms with van der Waals surface area (Å²) in [5.41, 5.74) is 5.30. The third-order valence-electron chi connectivity index (χ3n) is 0.942. The van der Waals surface area contributed by atoms with Crippen LogP contribution in [0.15, 0.2) is 15.1 Å². The molecule has 1 aromatic rings. The lowest BCUT2D eigenvalue weighted by Crippen LogP contribution is -1.90. The molecule has 0 bridgehead atoms. The Balaban J connectivity index is 3.31. The maximum atomic E-state index is 9.08. The molecule has 0 radical (unpaired) electrons. The number of aromatic nitrogens is 1. The highest BCUT2D eigenvalue weighted by Gasteiger charge is 2.03. The van der Waals surface area contributed by atoms with Crippen molar-refractivity contribution in [2.75, 3.05) is 5.73 Å². The average Bonchev–Trinajstić information content (AvgIpc) is 1.82. The number of nitrogens with zero attached hydrogens (tertiary/aromatic N) is 1. The average molecular weight is 268 g/mol. The standard InChI is InChI=1S/C5H4Br2N2O/c6-2-1-3(7)9-5(8)4(2)10/h1,10H,(H2,8,9). The van der Waals surface area contributed by atoms with E-state index in [1.807, 2.05) is 0 Å². The Morgan fingerprint density at radius 1 is 1.50 bits per heavy atom. The van der Waals surface area contributed by atoms with Crippen LogP contribution in [0.1, 0.15) is 0 Å². The van der Waals surface area contributed by atoms with Crippen molar-refractivity contribution < 1.29 is 5.11 Å². The van der Waals surface area contributed by atoms with E-state index in [1.54, 1.807) is 6.07 Å². The van der Waals surface area contributed by atoms with E-state index < -0.39 is 0 Å². The summed E-state index contributed by atoms with van der Waals surface area (Å²) in [6.45, 7) is 0. The molecule has 3 nitrogen and oxygen atoms in total. The topological polar surface area (TPSA) is 59.1 Å². The van der Waals surface area contributed by atoms with E-state index in [9.17, 15) is 0 Å². The van der Waals surface area contributed by atoms with Gasteiger partial charge in [0.25, 0.3) is 0 Å². The SMILES string of the molecule is Nc1nc(Br)cc(Br)c1O. The van der Waals surface area contributed by atoms with Gasteiger partial charge in [-0.25, -0.2) is 4.98 Å². The summed E-state index contributed by atoms with van der Waals surface area (Å²) in [6.07, 6.45) is 0. The summed E-state index contributed by atoms with van der Waals surface area (Å²) >= 11 is 6.21. The minimum Gasteiger partial charge on any atom is -0.503 e. The molecule has 0 saturated heterocycles. The third-order valence-corrected chi connectivity index (χ3v) is 1.95. The summed E-state index contributed by atoms with van der Waals surface area (Å²) in [6, 6.07) is 1.62. The van der Waals surface area contributed by atoms with E-state index in [-0.39, 0.29) is 11.6 Å². The summed E-state index contributed by atoms with van der Waals surface area (Å²) in [5, 5.41) is 9.08. The Morgan fingerprint density at radius 2 is 2.10 bits per heavy atom. The van der Waals surface area contributed by atoms with Crippen LogP contribution in [0.2, 0.25) is 0 Å². The largest absolute Gasteiger partial charge is 0.503 e. The number of hydrogen-bond acceptors (Lipinski definition) is 3. The van der Waals surface area contributed by atoms with Crippen molar-refractivity contribution in [2.24, 2.45) is 0 Å². The molecule has 0 saturated carbocycles. The molecular weight excluding hydrogens is 264 g/mol. The van der Waals surface area contributed by atoms with E-state index >= 15 is 0 Å². The molecule has 0 fully saturated rings. The minimum absolute atomic E-state index is 0.0248. The molecule has 1 rings (SSSR count). The highest BCUT2D eigenvalue weighted by atomic mass is 79.9. The van der Waals surface area contributed by atoms with E-state index in [0.29, 0.717) is 9.08 Å². The van der Waals surface area contributed by atoms with Crippen LogP contribution >= 0.6 is 31.9 Å². The van der Waals surface area contributed by atoms with Crippen LogP contribution in [0.4, 0.5) is 5.82 Å².